The second-order valence-electron chi connectivity index (χ2n) is 4.03. The van der Waals surface area contributed by atoms with Gasteiger partial charge in [-0.1, -0.05) is 0 Å². The molecule has 1 aromatic rings. The monoisotopic (exact) mass is 238 g/mol. The fourth-order valence-electron chi connectivity index (χ4n) is 1.69. The molecule has 2 amide bonds. The molecule has 17 heavy (non-hydrogen) atoms. The minimum atomic E-state index is -0.171. The van der Waals surface area contributed by atoms with Crippen LogP contribution in [0.2, 0.25) is 0 Å². The maximum Gasteiger partial charge on any atom is 0.243 e. The summed E-state index contributed by atoms with van der Waals surface area (Å²) in [5.74, 6) is 0.834. The van der Waals surface area contributed by atoms with Crippen molar-refractivity contribution in [2.75, 3.05) is 20.1 Å². The third-order valence-electron chi connectivity index (χ3n) is 2.70. The summed E-state index contributed by atoms with van der Waals surface area (Å²) in [5, 5.41) is 8.85. The summed E-state index contributed by atoms with van der Waals surface area (Å²) >= 11 is 0. The Bertz CT molecular complexity index is 440. The third kappa shape index (κ3) is 2.47. The largest absolute Gasteiger partial charge is 0.462 e. The van der Waals surface area contributed by atoms with Crippen molar-refractivity contribution in [1.29, 1.82) is 0 Å². The van der Waals surface area contributed by atoms with Gasteiger partial charge < -0.3 is 19.3 Å². The average molecular weight is 238 g/mol. The Morgan fingerprint density at radius 3 is 2.59 bits per heavy atom. The number of aliphatic hydroxyl groups excluding tert-OH is 1. The van der Waals surface area contributed by atoms with Gasteiger partial charge in [-0.3, -0.25) is 9.59 Å². The van der Waals surface area contributed by atoms with Gasteiger partial charge in [-0.15, -0.1) is 0 Å². The summed E-state index contributed by atoms with van der Waals surface area (Å²) in [7, 11) is 1.61. The number of hydrogen-bond acceptors (Lipinski definition) is 4. The number of carbonyl (C=O) groups is 2. The van der Waals surface area contributed by atoms with Crippen molar-refractivity contribution in [2.24, 2.45) is 0 Å². The number of nitrogens with zero attached hydrogens (tertiary/aromatic N) is 2. The molecule has 6 nitrogen and oxygen atoms in total. The van der Waals surface area contributed by atoms with E-state index in [9.17, 15) is 9.59 Å². The quantitative estimate of drug-likeness (QED) is 0.775. The van der Waals surface area contributed by atoms with Crippen LogP contribution in [0.5, 0.6) is 0 Å². The van der Waals surface area contributed by atoms with E-state index < -0.39 is 0 Å². The number of amides is 2. The van der Waals surface area contributed by atoms with E-state index >= 15 is 0 Å². The highest BCUT2D eigenvalue weighted by Gasteiger charge is 2.27. The van der Waals surface area contributed by atoms with Crippen LogP contribution in [-0.2, 0) is 22.7 Å². The number of furan rings is 1. The number of carbonyl (C=O) groups excluding carboxylic acids is 2. The molecule has 0 atom stereocenters. The maximum absolute atomic E-state index is 11.7. The molecule has 92 valence electrons. The first-order valence-electron chi connectivity index (χ1n) is 5.30. The van der Waals surface area contributed by atoms with Gasteiger partial charge in [0.15, 0.2) is 0 Å². The third-order valence-corrected chi connectivity index (χ3v) is 2.70. The van der Waals surface area contributed by atoms with E-state index in [0.29, 0.717) is 11.5 Å². The van der Waals surface area contributed by atoms with E-state index in [1.165, 1.54) is 9.80 Å². The highest BCUT2D eigenvalue weighted by atomic mass is 16.4. The van der Waals surface area contributed by atoms with Crippen molar-refractivity contribution in [3.63, 3.8) is 0 Å². The predicted octanol–water partition coefficient (Wildman–Crippen LogP) is -0.428. The maximum atomic E-state index is 11.7. The molecule has 0 saturated carbocycles. The minimum absolute atomic E-state index is 0.0739. The SMILES string of the molecule is CN1CC(=O)N(Cc2ccc(CO)o2)CC1=O. The summed E-state index contributed by atoms with van der Waals surface area (Å²) in [4.78, 5) is 26.0. The molecule has 1 aliphatic rings. The summed E-state index contributed by atoms with van der Waals surface area (Å²) < 4.78 is 5.28. The Morgan fingerprint density at radius 2 is 1.94 bits per heavy atom. The molecule has 0 unspecified atom stereocenters. The van der Waals surface area contributed by atoms with E-state index in [4.69, 9.17) is 9.52 Å². The lowest BCUT2D eigenvalue weighted by Gasteiger charge is -2.30. The van der Waals surface area contributed by atoms with Crippen LogP contribution in [0, 0.1) is 0 Å². The van der Waals surface area contributed by atoms with E-state index in [1.54, 1.807) is 19.2 Å². The molecule has 6 heteroatoms. The van der Waals surface area contributed by atoms with Gasteiger partial charge in [0.1, 0.15) is 24.7 Å². The van der Waals surface area contributed by atoms with E-state index in [0.717, 1.165) is 0 Å². The van der Waals surface area contributed by atoms with Gasteiger partial charge in [-0.2, -0.15) is 0 Å². The normalized spacial score (nSPS) is 16.8. The molecule has 0 aliphatic carbocycles. The van der Waals surface area contributed by atoms with Gasteiger partial charge in [0, 0.05) is 7.05 Å². The Hall–Kier alpha value is -1.82. The summed E-state index contributed by atoms with van der Waals surface area (Å²) in [6.07, 6.45) is 0. The van der Waals surface area contributed by atoms with Crippen LogP contribution in [0.4, 0.5) is 0 Å². The summed E-state index contributed by atoms with van der Waals surface area (Å²) in [6, 6.07) is 3.35. The van der Waals surface area contributed by atoms with Gasteiger partial charge in [0.25, 0.3) is 0 Å². The Kier molecular flexibility index (Phi) is 3.14. The van der Waals surface area contributed by atoms with Gasteiger partial charge >= 0.3 is 0 Å². The summed E-state index contributed by atoms with van der Waals surface area (Å²) in [6.45, 7) is 0.269. The van der Waals surface area contributed by atoms with Crippen LogP contribution in [-0.4, -0.2) is 46.9 Å². The summed E-state index contributed by atoms with van der Waals surface area (Å²) in [5.41, 5.74) is 0. The number of aliphatic hydroxyl groups is 1. The smallest absolute Gasteiger partial charge is 0.243 e. The van der Waals surface area contributed by atoms with Gasteiger partial charge in [-0.05, 0) is 12.1 Å². The molecule has 1 fully saturated rings. The highest BCUT2D eigenvalue weighted by molar-refractivity contribution is 5.92. The first-order chi connectivity index (χ1) is 8.10. The molecule has 0 bridgehead atoms. The van der Waals surface area contributed by atoms with E-state index in [2.05, 4.69) is 0 Å². The second-order valence-corrected chi connectivity index (χ2v) is 4.03. The number of hydrogen-bond donors (Lipinski definition) is 1. The highest BCUT2D eigenvalue weighted by Crippen LogP contribution is 2.13. The molecular weight excluding hydrogens is 224 g/mol. The molecule has 0 radical (unpaired) electrons. The van der Waals surface area contributed by atoms with Crippen molar-refractivity contribution >= 4 is 11.8 Å². The Labute approximate surface area is 98.4 Å². The molecule has 1 aliphatic heterocycles. The number of rotatable bonds is 3. The van der Waals surface area contributed by atoms with Crippen molar-refractivity contribution in [3.8, 4) is 0 Å². The fraction of sp³-hybridized carbons (Fsp3) is 0.455. The lowest BCUT2D eigenvalue weighted by molar-refractivity contribution is -0.149. The lowest BCUT2D eigenvalue weighted by Crippen LogP contribution is -2.51. The topological polar surface area (TPSA) is 74.0 Å². The van der Waals surface area contributed by atoms with Crippen LogP contribution in [0.15, 0.2) is 16.5 Å². The minimum Gasteiger partial charge on any atom is -0.462 e. The van der Waals surface area contributed by atoms with E-state index in [-0.39, 0.29) is 38.1 Å². The van der Waals surface area contributed by atoms with Gasteiger partial charge in [0.2, 0.25) is 11.8 Å². The molecule has 2 heterocycles. The van der Waals surface area contributed by atoms with Crippen molar-refractivity contribution in [1.82, 2.24) is 9.80 Å². The van der Waals surface area contributed by atoms with Crippen LogP contribution in [0.25, 0.3) is 0 Å². The molecule has 1 aromatic heterocycles. The Balaban J connectivity index is 2.03. The van der Waals surface area contributed by atoms with Crippen molar-refractivity contribution < 1.29 is 19.1 Å². The van der Waals surface area contributed by atoms with Gasteiger partial charge in [0.05, 0.1) is 13.1 Å². The first-order valence-corrected chi connectivity index (χ1v) is 5.30. The van der Waals surface area contributed by atoms with E-state index in [1.807, 2.05) is 0 Å². The zero-order chi connectivity index (χ0) is 12.4. The number of piperazine rings is 1. The van der Waals surface area contributed by atoms with Crippen LogP contribution in [0.3, 0.4) is 0 Å². The van der Waals surface area contributed by atoms with Crippen molar-refractivity contribution in [2.45, 2.75) is 13.2 Å². The average Bonchev–Trinajstić information content (AvgIpc) is 2.73. The molecule has 0 aromatic carbocycles. The molecule has 1 saturated heterocycles. The van der Waals surface area contributed by atoms with Crippen LogP contribution < -0.4 is 0 Å². The van der Waals surface area contributed by atoms with Crippen molar-refractivity contribution in [3.05, 3.63) is 23.7 Å². The second kappa shape index (κ2) is 4.58. The zero-order valence-electron chi connectivity index (χ0n) is 9.55. The predicted molar refractivity (Wildman–Crippen MR) is 57.7 cm³/mol. The fourth-order valence-corrected chi connectivity index (χ4v) is 1.69. The lowest BCUT2D eigenvalue weighted by atomic mass is 10.3. The Morgan fingerprint density at radius 1 is 1.24 bits per heavy atom. The first kappa shape index (κ1) is 11.7. The molecule has 1 N–H and O–H groups in total. The van der Waals surface area contributed by atoms with Gasteiger partial charge in [-0.25, -0.2) is 0 Å². The molecule has 2 rings (SSSR count). The van der Waals surface area contributed by atoms with Crippen LogP contribution in [0.1, 0.15) is 11.5 Å². The standard InChI is InChI=1S/C11H14N2O4/c1-12-5-11(16)13(6-10(12)15)4-8-2-3-9(7-14)17-8/h2-3,14H,4-7H2,1H3. The molecular formula is C11H14N2O4. The molecule has 0 spiro atoms. The zero-order valence-corrected chi connectivity index (χ0v) is 9.55. The van der Waals surface area contributed by atoms with Crippen LogP contribution >= 0.6 is 0 Å². The number of likely N-dealkylation sites (N-methyl/N-ethyl adjacent to an activating group) is 1.